The zero-order chi connectivity index (χ0) is 12.7. The highest BCUT2D eigenvalue weighted by Crippen LogP contribution is 2.17. The molecule has 0 amide bonds. The number of nitrogens with two attached hydrogens (primary N) is 1. The van der Waals surface area contributed by atoms with Gasteiger partial charge in [-0.3, -0.25) is 0 Å². The molecule has 1 unspecified atom stereocenters. The first-order chi connectivity index (χ1) is 8.19. The molecule has 0 aliphatic heterocycles. The smallest absolute Gasteiger partial charge is 0.128 e. The van der Waals surface area contributed by atoms with E-state index in [1.165, 1.54) is 6.07 Å². The molecule has 0 saturated carbocycles. The van der Waals surface area contributed by atoms with E-state index < -0.39 is 0 Å². The molecule has 0 aliphatic carbocycles. The summed E-state index contributed by atoms with van der Waals surface area (Å²) in [6, 6.07) is 4.89. The van der Waals surface area contributed by atoms with Crippen LogP contribution in [0.5, 0.6) is 0 Å². The van der Waals surface area contributed by atoms with E-state index in [1.54, 1.807) is 6.07 Å². The molecule has 4 heteroatoms. The lowest BCUT2D eigenvalue weighted by atomic mass is 10.0. The lowest BCUT2D eigenvalue weighted by Crippen LogP contribution is -2.30. The molecule has 0 bridgehead atoms. The fraction of sp³-hybridized carbons (Fsp3) is 0.538. The van der Waals surface area contributed by atoms with Gasteiger partial charge in [-0.2, -0.15) is 0 Å². The van der Waals surface area contributed by atoms with Crippen molar-refractivity contribution in [3.8, 4) is 0 Å². The summed E-state index contributed by atoms with van der Waals surface area (Å²) in [5.41, 5.74) is 7.31. The normalized spacial score (nSPS) is 12.7. The fourth-order valence-electron chi connectivity index (χ4n) is 1.76. The maximum atomic E-state index is 13.6. The van der Waals surface area contributed by atoms with Crippen LogP contribution in [0.1, 0.15) is 30.0 Å². The molecule has 1 rings (SSSR count). The van der Waals surface area contributed by atoms with Crippen molar-refractivity contribution in [1.29, 1.82) is 0 Å². The van der Waals surface area contributed by atoms with Crippen molar-refractivity contribution in [1.82, 2.24) is 5.32 Å². The number of aryl methyl sites for hydroxylation is 1. The second kappa shape index (κ2) is 7.37. The molecular formula is C13H21FN2O. The van der Waals surface area contributed by atoms with Gasteiger partial charge in [-0.1, -0.05) is 17.7 Å². The number of benzene rings is 1. The topological polar surface area (TPSA) is 58.3 Å². The summed E-state index contributed by atoms with van der Waals surface area (Å²) in [5, 5.41) is 11.9. The lowest BCUT2D eigenvalue weighted by Gasteiger charge is -2.18. The van der Waals surface area contributed by atoms with Gasteiger partial charge in [-0.25, -0.2) is 4.39 Å². The molecule has 1 aromatic rings. The van der Waals surface area contributed by atoms with Crippen LogP contribution < -0.4 is 11.1 Å². The molecule has 0 aromatic heterocycles. The molecule has 0 aliphatic rings. The SMILES string of the molecule is Cc1ccc(F)c(C(CN)NCCCCO)c1. The summed E-state index contributed by atoms with van der Waals surface area (Å²) in [6.45, 7) is 3.21. The Kier molecular flexibility index (Phi) is 6.11. The van der Waals surface area contributed by atoms with Crippen LogP contribution in [0.4, 0.5) is 4.39 Å². The largest absolute Gasteiger partial charge is 0.396 e. The molecule has 1 atom stereocenters. The quantitative estimate of drug-likeness (QED) is 0.633. The predicted octanol–water partition coefficient (Wildman–Crippen LogP) is 1.50. The van der Waals surface area contributed by atoms with Gasteiger partial charge in [0, 0.05) is 24.8 Å². The monoisotopic (exact) mass is 240 g/mol. The van der Waals surface area contributed by atoms with Crippen molar-refractivity contribution in [2.75, 3.05) is 19.7 Å². The van der Waals surface area contributed by atoms with Crippen molar-refractivity contribution in [3.63, 3.8) is 0 Å². The van der Waals surface area contributed by atoms with Gasteiger partial charge in [0.15, 0.2) is 0 Å². The summed E-state index contributed by atoms with van der Waals surface area (Å²) in [5.74, 6) is -0.222. The van der Waals surface area contributed by atoms with Crippen LogP contribution in [0.15, 0.2) is 18.2 Å². The van der Waals surface area contributed by atoms with Crippen LogP contribution in [0.2, 0.25) is 0 Å². The third-order valence-corrected chi connectivity index (χ3v) is 2.74. The summed E-state index contributed by atoms with van der Waals surface area (Å²) >= 11 is 0. The van der Waals surface area contributed by atoms with E-state index in [2.05, 4.69) is 5.32 Å². The van der Waals surface area contributed by atoms with E-state index in [4.69, 9.17) is 10.8 Å². The average Bonchev–Trinajstić information content (AvgIpc) is 2.33. The molecule has 0 spiro atoms. The van der Waals surface area contributed by atoms with Gasteiger partial charge < -0.3 is 16.2 Å². The number of halogens is 1. The van der Waals surface area contributed by atoms with E-state index in [0.29, 0.717) is 12.1 Å². The second-order valence-electron chi connectivity index (χ2n) is 4.20. The highest BCUT2D eigenvalue weighted by Gasteiger charge is 2.13. The summed E-state index contributed by atoms with van der Waals surface area (Å²) < 4.78 is 13.6. The van der Waals surface area contributed by atoms with E-state index in [0.717, 1.165) is 24.9 Å². The third-order valence-electron chi connectivity index (χ3n) is 2.74. The minimum absolute atomic E-state index is 0.159. The van der Waals surface area contributed by atoms with E-state index in [-0.39, 0.29) is 18.5 Å². The molecule has 0 radical (unpaired) electrons. The predicted molar refractivity (Wildman–Crippen MR) is 67.3 cm³/mol. The highest BCUT2D eigenvalue weighted by molar-refractivity contribution is 5.27. The zero-order valence-electron chi connectivity index (χ0n) is 10.2. The van der Waals surface area contributed by atoms with Gasteiger partial charge in [0.25, 0.3) is 0 Å². The van der Waals surface area contributed by atoms with Gasteiger partial charge in [-0.15, -0.1) is 0 Å². The maximum Gasteiger partial charge on any atom is 0.128 e. The van der Waals surface area contributed by atoms with Crippen molar-refractivity contribution < 1.29 is 9.50 Å². The first-order valence-corrected chi connectivity index (χ1v) is 5.99. The van der Waals surface area contributed by atoms with E-state index in [9.17, 15) is 4.39 Å². The van der Waals surface area contributed by atoms with Crippen molar-refractivity contribution in [2.45, 2.75) is 25.8 Å². The lowest BCUT2D eigenvalue weighted by molar-refractivity contribution is 0.282. The van der Waals surface area contributed by atoms with Gasteiger partial charge in [0.05, 0.1) is 0 Å². The number of rotatable bonds is 7. The Labute approximate surface area is 102 Å². The molecule has 0 fully saturated rings. The Morgan fingerprint density at radius 3 is 2.82 bits per heavy atom. The third kappa shape index (κ3) is 4.42. The summed E-state index contributed by atoms with van der Waals surface area (Å²) in [7, 11) is 0. The first-order valence-electron chi connectivity index (χ1n) is 5.99. The molecule has 1 aromatic carbocycles. The van der Waals surface area contributed by atoms with Gasteiger partial charge >= 0.3 is 0 Å². The Balaban J connectivity index is 2.62. The summed E-state index contributed by atoms with van der Waals surface area (Å²) in [6.07, 6.45) is 1.61. The van der Waals surface area contributed by atoms with Crippen LogP contribution in [0, 0.1) is 12.7 Å². The van der Waals surface area contributed by atoms with Gasteiger partial charge in [0.2, 0.25) is 0 Å². The number of nitrogens with one attached hydrogen (secondary N) is 1. The van der Waals surface area contributed by atoms with E-state index in [1.807, 2.05) is 13.0 Å². The summed E-state index contributed by atoms with van der Waals surface area (Å²) in [4.78, 5) is 0. The van der Waals surface area contributed by atoms with Crippen molar-refractivity contribution in [3.05, 3.63) is 35.1 Å². The van der Waals surface area contributed by atoms with Crippen LogP contribution in [0.25, 0.3) is 0 Å². The molecule has 17 heavy (non-hydrogen) atoms. The molecule has 3 nitrogen and oxygen atoms in total. The Bertz CT molecular complexity index is 344. The van der Waals surface area contributed by atoms with Crippen LogP contribution >= 0.6 is 0 Å². The van der Waals surface area contributed by atoms with Gasteiger partial charge in [0.1, 0.15) is 5.82 Å². The van der Waals surface area contributed by atoms with Crippen LogP contribution in [0.3, 0.4) is 0 Å². The standard InChI is InChI=1S/C13H21FN2O/c1-10-4-5-12(14)11(8-10)13(9-15)16-6-2-3-7-17/h4-5,8,13,16-17H,2-3,6-7,9,15H2,1H3. The molecule has 0 heterocycles. The van der Waals surface area contributed by atoms with Crippen molar-refractivity contribution >= 4 is 0 Å². The number of hydrogen-bond donors (Lipinski definition) is 3. The van der Waals surface area contributed by atoms with Crippen LogP contribution in [-0.4, -0.2) is 24.8 Å². The Morgan fingerprint density at radius 2 is 2.18 bits per heavy atom. The maximum absolute atomic E-state index is 13.6. The fourth-order valence-corrected chi connectivity index (χ4v) is 1.76. The molecule has 0 saturated heterocycles. The Hall–Kier alpha value is -0.970. The minimum Gasteiger partial charge on any atom is -0.396 e. The number of aliphatic hydroxyl groups is 1. The molecule has 4 N–H and O–H groups in total. The second-order valence-corrected chi connectivity index (χ2v) is 4.20. The number of unbranched alkanes of at least 4 members (excludes halogenated alkanes) is 1. The number of hydrogen-bond acceptors (Lipinski definition) is 3. The molecule has 96 valence electrons. The Morgan fingerprint density at radius 1 is 1.41 bits per heavy atom. The van der Waals surface area contributed by atoms with Gasteiger partial charge in [-0.05, 0) is 32.4 Å². The average molecular weight is 240 g/mol. The molecular weight excluding hydrogens is 219 g/mol. The first kappa shape index (κ1) is 14.1. The van der Waals surface area contributed by atoms with E-state index >= 15 is 0 Å². The van der Waals surface area contributed by atoms with Crippen LogP contribution in [-0.2, 0) is 0 Å². The zero-order valence-corrected chi connectivity index (χ0v) is 10.2. The highest BCUT2D eigenvalue weighted by atomic mass is 19.1. The van der Waals surface area contributed by atoms with Crippen molar-refractivity contribution in [2.24, 2.45) is 5.73 Å². The minimum atomic E-state index is -0.222. The number of aliphatic hydroxyl groups excluding tert-OH is 1.